The number of amides is 1. The Morgan fingerprint density at radius 3 is 2.78 bits per heavy atom. The fraction of sp³-hybridized carbons (Fsp3) is 0.400. The van der Waals surface area contributed by atoms with E-state index >= 15 is 0 Å². The van der Waals surface area contributed by atoms with Crippen molar-refractivity contribution in [3.63, 3.8) is 0 Å². The molecule has 1 atom stereocenters. The largest absolute Gasteiger partial charge is 0.442 e. The Labute approximate surface area is 52.3 Å². The summed E-state index contributed by atoms with van der Waals surface area (Å²) in [5.74, 6) is 0. The van der Waals surface area contributed by atoms with Gasteiger partial charge in [-0.05, 0) is 13.0 Å². The van der Waals surface area contributed by atoms with E-state index < -0.39 is 12.2 Å². The first-order chi connectivity index (χ1) is 4.16. The van der Waals surface area contributed by atoms with E-state index in [9.17, 15) is 9.18 Å². The highest BCUT2D eigenvalue weighted by Crippen LogP contribution is 1.91. The second-order valence-corrected chi connectivity index (χ2v) is 1.46. The normalized spacial score (nSPS) is 13.6. The number of carbonyl (C=O) groups is 1. The van der Waals surface area contributed by atoms with Gasteiger partial charge in [0.05, 0.1) is 6.33 Å². The third-order valence-electron chi connectivity index (χ3n) is 0.646. The van der Waals surface area contributed by atoms with E-state index in [4.69, 9.17) is 0 Å². The van der Waals surface area contributed by atoms with Gasteiger partial charge in [0.1, 0.15) is 6.10 Å². The molecule has 0 saturated heterocycles. The molecule has 0 aromatic heterocycles. The summed E-state index contributed by atoms with van der Waals surface area (Å²) in [6.45, 7) is 1.50. The smallest absolute Gasteiger partial charge is 0.405 e. The maximum absolute atomic E-state index is 11.3. The van der Waals surface area contributed by atoms with Gasteiger partial charge in [0.15, 0.2) is 0 Å². The molecule has 4 heteroatoms. The zero-order valence-electron chi connectivity index (χ0n) is 5.00. The molecule has 0 bridgehead atoms. The molecule has 0 aliphatic rings. The fourth-order valence-electron chi connectivity index (χ4n) is 0.325. The van der Waals surface area contributed by atoms with Crippen LogP contribution in [0.2, 0.25) is 0 Å². The second kappa shape index (κ2) is 3.88. The van der Waals surface area contributed by atoms with Gasteiger partial charge in [0.2, 0.25) is 0 Å². The summed E-state index contributed by atoms with van der Waals surface area (Å²) in [5.41, 5.74) is 4.61. The van der Waals surface area contributed by atoms with Gasteiger partial charge in [-0.2, -0.15) is 0 Å². The Kier molecular flexibility index (Phi) is 3.43. The minimum atomic E-state index is -0.902. The maximum atomic E-state index is 11.3. The van der Waals surface area contributed by atoms with Crippen molar-refractivity contribution in [2.24, 2.45) is 5.73 Å². The summed E-state index contributed by atoms with van der Waals surface area (Å²) < 4.78 is 15.6. The van der Waals surface area contributed by atoms with Crippen LogP contribution in [0, 0.1) is 0 Å². The van der Waals surface area contributed by atoms with E-state index in [0.29, 0.717) is 6.33 Å². The fourth-order valence-corrected chi connectivity index (χ4v) is 0.325. The lowest BCUT2D eigenvalue weighted by Gasteiger charge is -2.03. The number of nitrogens with two attached hydrogens (primary N) is 1. The molecule has 0 radical (unpaired) electrons. The molecular weight excluding hydrogens is 125 g/mol. The predicted molar refractivity (Wildman–Crippen MR) is 30.4 cm³/mol. The van der Waals surface area contributed by atoms with E-state index in [-0.39, 0.29) is 0 Å². The quantitative estimate of drug-likeness (QED) is 0.609. The molecule has 0 spiro atoms. The van der Waals surface area contributed by atoms with Crippen LogP contribution in [0.4, 0.5) is 9.18 Å². The highest BCUT2D eigenvalue weighted by atomic mass is 19.1. The molecule has 0 fully saturated rings. The van der Waals surface area contributed by atoms with Crippen molar-refractivity contribution < 1.29 is 13.9 Å². The van der Waals surface area contributed by atoms with Crippen LogP contribution in [0.25, 0.3) is 0 Å². The average molecular weight is 133 g/mol. The first-order valence-corrected chi connectivity index (χ1v) is 2.39. The highest BCUT2D eigenvalue weighted by molar-refractivity contribution is 5.64. The molecule has 0 saturated carbocycles. The van der Waals surface area contributed by atoms with E-state index in [1.165, 1.54) is 6.92 Å². The van der Waals surface area contributed by atoms with Crippen LogP contribution in [0.3, 0.4) is 0 Å². The molecule has 0 heterocycles. The summed E-state index contributed by atoms with van der Waals surface area (Å²) >= 11 is 0. The van der Waals surface area contributed by atoms with Gasteiger partial charge in [0.25, 0.3) is 0 Å². The molecule has 9 heavy (non-hydrogen) atoms. The van der Waals surface area contributed by atoms with Crippen molar-refractivity contribution in [3.8, 4) is 0 Å². The molecule has 0 aliphatic heterocycles. The molecule has 1 unspecified atom stereocenters. The lowest BCUT2D eigenvalue weighted by Crippen LogP contribution is -2.18. The van der Waals surface area contributed by atoms with Gasteiger partial charge in [-0.15, -0.1) is 0 Å². The van der Waals surface area contributed by atoms with Gasteiger partial charge < -0.3 is 10.5 Å². The number of halogens is 1. The van der Waals surface area contributed by atoms with E-state index in [1.807, 2.05) is 0 Å². The van der Waals surface area contributed by atoms with Crippen molar-refractivity contribution >= 4 is 6.09 Å². The highest BCUT2D eigenvalue weighted by Gasteiger charge is 1.98. The van der Waals surface area contributed by atoms with Crippen LogP contribution in [0.1, 0.15) is 6.92 Å². The Bertz CT molecular complexity index is 124. The van der Waals surface area contributed by atoms with Crippen molar-refractivity contribution in [3.05, 3.63) is 12.4 Å². The molecule has 3 nitrogen and oxygen atoms in total. The van der Waals surface area contributed by atoms with E-state index in [0.717, 1.165) is 6.08 Å². The van der Waals surface area contributed by atoms with Crippen LogP contribution in [-0.4, -0.2) is 12.2 Å². The van der Waals surface area contributed by atoms with Crippen LogP contribution in [0.15, 0.2) is 12.4 Å². The lowest BCUT2D eigenvalue weighted by atomic mass is 10.4. The minimum Gasteiger partial charge on any atom is -0.442 e. The zero-order valence-corrected chi connectivity index (χ0v) is 5.00. The summed E-state index contributed by atoms with van der Waals surface area (Å²) in [6.07, 6.45) is -0.119. The van der Waals surface area contributed by atoms with Gasteiger partial charge in [-0.25, -0.2) is 9.18 Å². The Morgan fingerprint density at radius 2 is 2.44 bits per heavy atom. The summed E-state index contributed by atoms with van der Waals surface area (Å²) in [5, 5.41) is 0. The summed E-state index contributed by atoms with van der Waals surface area (Å²) in [6, 6.07) is 0. The van der Waals surface area contributed by atoms with Gasteiger partial charge >= 0.3 is 6.09 Å². The Morgan fingerprint density at radius 1 is 1.89 bits per heavy atom. The number of carbonyl (C=O) groups excluding carboxylic acids is 1. The number of rotatable bonds is 2. The van der Waals surface area contributed by atoms with Crippen molar-refractivity contribution in [2.45, 2.75) is 13.0 Å². The number of primary amides is 1. The number of ether oxygens (including phenoxy) is 1. The first-order valence-electron chi connectivity index (χ1n) is 2.39. The number of hydrogen-bond acceptors (Lipinski definition) is 2. The molecule has 0 aliphatic carbocycles. The molecule has 0 aromatic carbocycles. The van der Waals surface area contributed by atoms with E-state index in [2.05, 4.69) is 10.5 Å². The van der Waals surface area contributed by atoms with Gasteiger partial charge in [-0.3, -0.25) is 0 Å². The molecule has 0 aromatic rings. The topological polar surface area (TPSA) is 52.3 Å². The second-order valence-electron chi connectivity index (χ2n) is 1.46. The molecule has 52 valence electrons. The minimum absolute atomic E-state index is 0.299. The maximum Gasteiger partial charge on any atom is 0.405 e. The third-order valence-corrected chi connectivity index (χ3v) is 0.646. The van der Waals surface area contributed by atoms with Crippen molar-refractivity contribution in [1.82, 2.24) is 0 Å². The summed E-state index contributed by atoms with van der Waals surface area (Å²) in [4.78, 5) is 9.93. The van der Waals surface area contributed by atoms with Crippen LogP contribution >= 0.6 is 0 Å². The van der Waals surface area contributed by atoms with Gasteiger partial charge in [-0.1, -0.05) is 0 Å². The average Bonchev–Trinajstić information content (AvgIpc) is 1.63. The third kappa shape index (κ3) is 4.80. The Hall–Kier alpha value is -1.06. The SMILES string of the molecule is CC(C=CF)OC(N)=O. The summed E-state index contributed by atoms with van der Waals surface area (Å²) in [7, 11) is 0. The predicted octanol–water partition coefficient (Wildman–Crippen LogP) is 0.953. The Balaban J connectivity index is 3.50. The molecule has 0 rings (SSSR count). The van der Waals surface area contributed by atoms with Crippen molar-refractivity contribution in [2.75, 3.05) is 0 Å². The van der Waals surface area contributed by atoms with Crippen LogP contribution in [0.5, 0.6) is 0 Å². The number of hydrogen-bond donors (Lipinski definition) is 1. The van der Waals surface area contributed by atoms with E-state index in [1.54, 1.807) is 0 Å². The molecule has 1 amide bonds. The molecular formula is C5H8FNO2. The lowest BCUT2D eigenvalue weighted by molar-refractivity contribution is 0.137. The van der Waals surface area contributed by atoms with Gasteiger partial charge in [0, 0.05) is 0 Å². The monoisotopic (exact) mass is 133 g/mol. The molecule has 2 N–H and O–H groups in total. The van der Waals surface area contributed by atoms with Crippen molar-refractivity contribution in [1.29, 1.82) is 0 Å². The first kappa shape index (κ1) is 7.94. The zero-order chi connectivity index (χ0) is 7.28. The van der Waals surface area contributed by atoms with Crippen LogP contribution < -0.4 is 5.73 Å². The standard InChI is InChI=1S/C5H8FNO2/c1-4(2-3-6)9-5(7)8/h2-4H,1H3,(H2,7,8). The van der Waals surface area contributed by atoms with Crippen LogP contribution in [-0.2, 0) is 4.74 Å².